The third kappa shape index (κ3) is 1.45. The molecule has 0 aliphatic carbocycles. The number of aromatic nitrogens is 1. The molecule has 0 aliphatic rings. The van der Waals surface area contributed by atoms with Crippen molar-refractivity contribution in [1.29, 1.82) is 5.26 Å². The largest absolute Gasteiger partial charge is 0.261 e. The monoisotopic (exact) mass is 160 g/mol. The van der Waals surface area contributed by atoms with Crippen molar-refractivity contribution in [1.82, 2.24) is 4.98 Å². The summed E-state index contributed by atoms with van der Waals surface area (Å²) >= 11 is 0. The van der Waals surface area contributed by atoms with Crippen LogP contribution < -0.4 is 0 Å². The normalized spacial score (nSPS) is 9.50. The molecule has 1 aromatic heterocycles. The maximum absolute atomic E-state index is 8.53. The van der Waals surface area contributed by atoms with E-state index < -0.39 is 0 Å². The fraction of sp³-hybridized carbons (Fsp3) is 0.400. The van der Waals surface area contributed by atoms with Crippen LogP contribution in [0.15, 0.2) is 6.20 Å². The zero-order valence-electron chi connectivity index (χ0n) is 7.68. The van der Waals surface area contributed by atoms with Crippen molar-refractivity contribution in [2.45, 2.75) is 27.2 Å². The van der Waals surface area contributed by atoms with Gasteiger partial charge < -0.3 is 0 Å². The summed E-state index contributed by atoms with van der Waals surface area (Å²) < 4.78 is 0. The summed E-state index contributed by atoms with van der Waals surface area (Å²) in [5.74, 6) is 0. The quantitative estimate of drug-likeness (QED) is 0.630. The summed E-state index contributed by atoms with van der Waals surface area (Å²) in [6, 6.07) is 2.13. The molecule has 0 atom stereocenters. The molecule has 1 aromatic rings. The van der Waals surface area contributed by atoms with Crippen LogP contribution in [0.2, 0.25) is 0 Å². The first-order valence-corrected chi connectivity index (χ1v) is 3.95. The fourth-order valence-corrected chi connectivity index (χ4v) is 1.14. The first kappa shape index (κ1) is 8.73. The standard InChI is InChI=1S/C10H12N2/c1-7-8(2)10(4-5-11)6-12-9(7)3/h6H,4H2,1-3H3. The molecule has 0 aliphatic heterocycles. The molecule has 0 fully saturated rings. The van der Waals surface area contributed by atoms with Crippen LogP contribution in [0.1, 0.15) is 22.4 Å². The Hall–Kier alpha value is -1.36. The Bertz CT molecular complexity index is 334. The first-order valence-electron chi connectivity index (χ1n) is 3.95. The molecule has 0 saturated heterocycles. The summed E-state index contributed by atoms with van der Waals surface area (Å²) in [5, 5.41) is 8.53. The second kappa shape index (κ2) is 3.36. The highest BCUT2D eigenvalue weighted by Gasteiger charge is 2.03. The molecule has 2 heteroatoms. The first-order chi connectivity index (χ1) is 5.66. The van der Waals surface area contributed by atoms with Gasteiger partial charge in [0.15, 0.2) is 0 Å². The van der Waals surface area contributed by atoms with Crippen LogP contribution in [0.4, 0.5) is 0 Å². The molecule has 0 radical (unpaired) electrons. The molecule has 0 saturated carbocycles. The van der Waals surface area contributed by atoms with E-state index in [0.717, 1.165) is 11.3 Å². The third-order valence-electron chi connectivity index (χ3n) is 2.27. The minimum atomic E-state index is 0.458. The number of pyridine rings is 1. The van der Waals surface area contributed by atoms with Crippen LogP contribution in [-0.2, 0) is 6.42 Å². The molecule has 1 rings (SSSR count). The molecule has 1 heterocycles. The molecule has 0 aromatic carbocycles. The van der Waals surface area contributed by atoms with E-state index in [2.05, 4.69) is 11.1 Å². The average molecular weight is 160 g/mol. The van der Waals surface area contributed by atoms with Crippen LogP contribution in [0.3, 0.4) is 0 Å². The van der Waals surface area contributed by atoms with Crippen molar-refractivity contribution >= 4 is 0 Å². The molecule has 0 unspecified atom stereocenters. The van der Waals surface area contributed by atoms with Gasteiger partial charge in [0.1, 0.15) is 0 Å². The van der Waals surface area contributed by atoms with Crippen molar-refractivity contribution < 1.29 is 0 Å². The van der Waals surface area contributed by atoms with E-state index in [1.54, 1.807) is 6.20 Å². The van der Waals surface area contributed by atoms with Gasteiger partial charge in [0, 0.05) is 11.9 Å². The van der Waals surface area contributed by atoms with Crippen LogP contribution in [-0.4, -0.2) is 4.98 Å². The average Bonchev–Trinajstić information content (AvgIpc) is 2.07. The van der Waals surface area contributed by atoms with Crippen LogP contribution in [0.5, 0.6) is 0 Å². The molecule has 0 amide bonds. The molecule has 0 N–H and O–H groups in total. The molecular weight excluding hydrogens is 148 g/mol. The topological polar surface area (TPSA) is 36.7 Å². The Labute approximate surface area is 72.9 Å². The molecule has 12 heavy (non-hydrogen) atoms. The predicted octanol–water partition coefficient (Wildman–Crippen LogP) is 2.07. The Kier molecular flexibility index (Phi) is 2.44. The zero-order valence-corrected chi connectivity index (χ0v) is 7.68. The van der Waals surface area contributed by atoms with Gasteiger partial charge in [-0.25, -0.2) is 0 Å². The van der Waals surface area contributed by atoms with Gasteiger partial charge in [0.05, 0.1) is 12.5 Å². The lowest BCUT2D eigenvalue weighted by atomic mass is 10.0. The van der Waals surface area contributed by atoms with E-state index in [9.17, 15) is 0 Å². The van der Waals surface area contributed by atoms with Crippen molar-refractivity contribution in [3.05, 3.63) is 28.6 Å². The summed E-state index contributed by atoms with van der Waals surface area (Å²) in [6.07, 6.45) is 2.25. The Morgan fingerprint density at radius 3 is 2.58 bits per heavy atom. The number of rotatable bonds is 1. The molecule has 62 valence electrons. The van der Waals surface area contributed by atoms with Crippen molar-refractivity contribution in [3.8, 4) is 6.07 Å². The van der Waals surface area contributed by atoms with Gasteiger partial charge in [-0.05, 0) is 37.5 Å². The minimum Gasteiger partial charge on any atom is -0.261 e. The van der Waals surface area contributed by atoms with E-state index in [0.29, 0.717) is 6.42 Å². The Balaban J connectivity index is 3.19. The van der Waals surface area contributed by atoms with E-state index in [1.165, 1.54) is 11.1 Å². The second-order valence-electron chi connectivity index (χ2n) is 2.95. The number of hydrogen-bond acceptors (Lipinski definition) is 2. The predicted molar refractivity (Wildman–Crippen MR) is 47.8 cm³/mol. The smallest absolute Gasteiger partial charge is 0.0670 e. The van der Waals surface area contributed by atoms with Gasteiger partial charge in [0.25, 0.3) is 0 Å². The third-order valence-corrected chi connectivity index (χ3v) is 2.27. The van der Waals surface area contributed by atoms with Crippen LogP contribution in [0.25, 0.3) is 0 Å². The highest BCUT2D eigenvalue weighted by molar-refractivity contribution is 5.35. The number of hydrogen-bond donors (Lipinski definition) is 0. The van der Waals surface area contributed by atoms with Gasteiger partial charge >= 0.3 is 0 Å². The Morgan fingerprint density at radius 2 is 2.00 bits per heavy atom. The van der Waals surface area contributed by atoms with Crippen molar-refractivity contribution in [2.24, 2.45) is 0 Å². The lowest BCUT2D eigenvalue weighted by Gasteiger charge is -2.06. The lowest BCUT2D eigenvalue weighted by molar-refractivity contribution is 1.06. The van der Waals surface area contributed by atoms with E-state index in [-0.39, 0.29) is 0 Å². The summed E-state index contributed by atoms with van der Waals surface area (Å²) in [6.45, 7) is 6.06. The maximum atomic E-state index is 8.53. The Morgan fingerprint density at radius 1 is 1.33 bits per heavy atom. The highest BCUT2D eigenvalue weighted by atomic mass is 14.7. The number of nitriles is 1. The summed E-state index contributed by atoms with van der Waals surface area (Å²) in [5.41, 5.74) is 4.49. The fourth-order valence-electron chi connectivity index (χ4n) is 1.14. The van der Waals surface area contributed by atoms with Gasteiger partial charge in [-0.3, -0.25) is 4.98 Å². The van der Waals surface area contributed by atoms with Crippen molar-refractivity contribution in [2.75, 3.05) is 0 Å². The summed E-state index contributed by atoms with van der Waals surface area (Å²) in [4.78, 5) is 4.21. The lowest BCUT2D eigenvalue weighted by Crippen LogP contribution is -1.96. The summed E-state index contributed by atoms with van der Waals surface area (Å²) in [7, 11) is 0. The van der Waals surface area contributed by atoms with Gasteiger partial charge in [-0.2, -0.15) is 5.26 Å². The minimum absolute atomic E-state index is 0.458. The molecule has 0 spiro atoms. The highest BCUT2D eigenvalue weighted by Crippen LogP contribution is 2.14. The van der Waals surface area contributed by atoms with Crippen LogP contribution >= 0.6 is 0 Å². The molecule has 2 nitrogen and oxygen atoms in total. The van der Waals surface area contributed by atoms with Gasteiger partial charge in [-0.15, -0.1) is 0 Å². The second-order valence-corrected chi connectivity index (χ2v) is 2.95. The maximum Gasteiger partial charge on any atom is 0.0670 e. The van der Waals surface area contributed by atoms with Gasteiger partial charge in [-0.1, -0.05) is 0 Å². The van der Waals surface area contributed by atoms with E-state index in [1.807, 2.05) is 20.8 Å². The number of aryl methyl sites for hydroxylation is 1. The van der Waals surface area contributed by atoms with E-state index >= 15 is 0 Å². The number of nitrogens with zero attached hydrogens (tertiary/aromatic N) is 2. The van der Waals surface area contributed by atoms with Gasteiger partial charge in [0.2, 0.25) is 0 Å². The molecule has 0 bridgehead atoms. The molecular formula is C10H12N2. The van der Waals surface area contributed by atoms with E-state index in [4.69, 9.17) is 5.26 Å². The SMILES string of the molecule is Cc1ncc(CC#N)c(C)c1C. The zero-order chi connectivity index (χ0) is 9.14. The van der Waals surface area contributed by atoms with Crippen molar-refractivity contribution in [3.63, 3.8) is 0 Å². The van der Waals surface area contributed by atoms with Crippen LogP contribution in [0, 0.1) is 32.1 Å².